The molecule has 0 spiro atoms. The van der Waals surface area contributed by atoms with E-state index in [0.29, 0.717) is 23.8 Å². The quantitative estimate of drug-likeness (QED) is 0.258. The minimum Gasteiger partial charge on any atom is -0.489 e. The van der Waals surface area contributed by atoms with Crippen LogP contribution in [0.5, 0.6) is 5.75 Å². The maximum Gasteiger partial charge on any atom is 0.240 e. The third-order valence-electron chi connectivity index (χ3n) is 4.22. The van der Waals surface area contributed by atoms with Gasteiger partial charge in [0.1, 0.15) is 12.4 Å². The Morgan fingerprint density at radius 1 is 1.03 bits per heavy atom. The number of carbonyl (C=O) groups is 1. The van der Waals surface area contributed by atoms with Gasteiger partial charge in [0, 0.05) is 22.1 Å². The van der Waals surface area contributed by atoms with Gasteiger partial charge in [-0.3, -0.25) is 4.79 Å². The molecule has 30 heavy (non-hydrogen) atoms. The monoisotopic (exact) mass is 438 g/mol. The Labute approximate surface area is 186 Å². The van der Waals surface area contributed by atoms with E-state index in [1.54, 1.807) is 18.0 Å². The van der Waals surface area contributed by atoms with E-state index in [2.05, 4.69) is 41.7 Å². The molecule has 0 saturated carbocycles. The maximum atomic E-state index is 11.9. The fraction of sp³-hybridized carbons (Fsp3) is 0.167. The third kappa shape index (κ3) is 7.58. The molecule has 0 unspecified atom stereocenters. The Bertz CT molecular complexity index is 972. The number of hydrogen-bond acceptors (Lipinski definition) is 4. The van der Waals surface area contributed by atoms with Crippen molar-refractivity contribution in [2.75, 3.05) is 5.75 Å². The Morgan fingerprint density at radius 3 is 2.43 bits per heavy atom. The number of nitrogens with one attached hydrogen (secondary N) is 1. The van der Waals surface area contributed by atoms with E-state index in [-0.39, 0.29) is 5.91 Å². The number of thioether (sulfide) groups is 1. The first-order chi connectivity index (χ1) is 14.6. The topological polar surface area (TPSA) is 50.7 Å². The van der Waals surface area contributed by atoms with Crippen LogP contribution >= 0.6 is 23.4 Å². The van der Waals surface area contributed by atoms with Crippen LogP contribution in [0.4, 0.5) is 0 Å². The molecule has 0 saturated heterocycles. The highest BCUT2D eigenvalue weighted by atomic mass is 35.5. The summed E-state index contributed by atoms with van der Waals surface area (Å²) >= 11 is 7.54. The Kier molecular flexibility index (Phi) is 8.36. The van der Waals surface area contributed by atoms with Crippen LogP contribution < -0.4 is 10.2 Å². The summed E-state index contributed by atoms with van der Waals surface area (Å²) in [5, 5.41) is 4.73. The highest BCUT2D eigenvalue weighted by molar-refractivity contribution is 7.99. The fourth-order valence-corrected chi connectivity index (χ4v) is 3.51. The smallest absolute Gasteiger partial charge is 0.240 e. The molecule has 0 aromatic heterocycles. The molecule has 0 atom stereocenters. The second-order valence-corrected chi connectivity index (χ2v) is 8.29. The van der Waals surface area contributed by atoms with E-state index in [0.717, 1.165) is 21.8 Å². The van der Waals surface area contributed by atoms with E-state index < -0.39 is 0 Å². The summed E-state index contributed by atoms with van der Waals surface area (Å²) < 4.78 is 5.76. The Morgan fingerprint density at radius 2 is 1.73 bits per heavy atom. The van der Waals surface area contributed by atoms with Gasteiger partial charge in [-0.15, -0.1) is 11.8 Å². The molecular weight excluding hydrogens is 416 g/mol. The van der Waals surface area contributed by atoms with E-state index in [4.69, 9.17) is 16.3 Å². The predicted octanol–water partition coefficient (Wildman–Crippen LogP) is 5.86. The fourth-order valence-electron chi connectivity index (χ4n) is 2.53. The van der Waals surface area contributed by atoms with Gasteiger partial charge >= 0.3 is 0 Å². The summed E-state index contributed by atoms with van der Waals surface area (Å²) in [4.78, 5) is 13.1. The standard InChI is InChI=1S/C24H23ClN2O2S/c1-18-2-12-23(13-3-18)30-15-14-24(28)27-26-16-19-6-10-22(11-7-19)29-17-20-4-8-21(25)9-5-20/h2-13,16H,14-15,17H2,1H3,(H,27,28)/b26-16-. The zero-order chi connectivity index (χ0) is 21.2. The second kappa shape index (κ2) is 11.4. The lowest BCUT2D eigenvalue weighted by Gasteiger charge is -2.06. The van der Waals surface area contributed by atoms with Crippen molar-refractivity contribution in [2.24, 2.45) is 5.10 Å². The first-order valence-electron chi connectivity index (χ1n) is 9.57. The van der Waals surface area contributed by atoms with Crippen LogP contribution in [0.1, 0.15) is 23.1 Å². The molecule has 0 bridgehead atoms. The average molecular weight is 439 g/mol. The predicted molar refractivity (Wildman–Crippen MR) is 124 cm³/mol. The summed E-state index contributed by atoms with van der Waals surface area (Å²) in [6.45, 7) is 2.53. The zero-order valence-electron chi connectivity index (χ0n) is 16.7. The number of hydrazone groups is 1. The average Bonchev–Trinajstić information content (AvgIpc) is 2.76. The van der Waals surface area contributed by atoms with E-state index in [1.165, 1.54) is 5.56 Å². The van der Waals surface area contributed by atoms with Crippen LogP contribution in [0, 0.1) is 6.92 Å². The molecule has 1 N–H and O–H groups in total. The number of amides is 1. The lowest BCUT2D eigenvalue weighted by molar-refractivity contribution is -0.120. The first kappa shape index (κ1) is 21.9. The summed E-state index contributed by atoms with van der Waals surface area (Å²) in [6, 6.07) is 23.4. The van der Waals surface area contributed by atoms with Gasteiger partial charge in [-0.1, -0.05) is 41.4 Å². The molecule has 4 nitrogen and oxygen atoms in total. The Balaban J connectivity index is 1.37. The van der Waals surface area contributed by atoms with Gasteiger partial charge in [-0.2, -0.15) is 5.10 Å². The largest absolute Gasteiger partial charge is 0.489 e. The molecule has 0 radical (unpaired) electrons. The van der Waals surface area contributed by atoms with Gasteiger partial charge in [0.15, 0.2) is 0 Å². The normalized spacial score (nSPS) is 10.9. The van der Waals surface area contributed by atoms with Crippen LogP contribution in [-0.2, 0) is 11.4 Å². The lowest BCUT2D eigenvalue weighted by Crippen LogP contribution is -2.17. The van der Waals surface area contributed by atoms with Crippen molar-refractivity contribution in [1.29, 1.82) is 0 Å². The Hall–Kier alpha value is -2.76. The van der Waals surface area contributed by atoms with Crippen molar-refractivity contribution in [3.8, 4) is 5.75 Å². The van der Waals surface area contributed by atoms with Crippen LogP contribution in [0.2, 0.25) is 5.02 Å². The number of hydrogen-bond donors (Lipinski definition) is 1. The number of halogens is 1. The van der Waals surface area contributed by atoms with Crippen molar-refractivity contribution in [3.05, 3.63) is 94.5 Å². The van der Waals surface area contributed by atoms with E-state index >= 15 is 0 Å². The molecule has 3 aromatic carbocycles. The van der Waals surface area contributed by atoms with Crippen molar-refractivity contribution >= 4 is 35.5 Å². The number of carbonyl (C=O) groups excluding carboxylic acids is 1. The van der Waals surface area contributed by atoms with E-state index in [9.17, 15) is 4.79 Å². The number of aryl methyl sites for hydroxylation is 1. The van der Waals surface area contributed by atoms with Crippen LogP contribution in [0.3, 0.4) is 0 Å². The van der Waals surface area contributed by atoms with Crippen LogP contribution in [0.25, 0.3) is 0 Å². The van der Waals surface area contributed by atoms with Gasteiger partial charge in [-0.05, 0) is 66.6 Å². The minimum atomic E-state index is -0.103. The van der Waals surface area contributed by atoms with Gasteiger partial charge in [0.2, 0.25) is 5.91 Å². The zero-order valence-corrected chi connectivity index (χ0v) is 18.2. The molecule has 0 aliphatic carbocycles. The number of ether oxygens (including phenoxy) is 1. The lowest BCUT2D eigenvalue weighted by atomic mass is 10.2. The highest BCUT2D eigenvalue weighted by Gasteiger charge is 2.01. The molecule has 3 aromatic rings. The molecule has 0 aliphatic rings. The first-order valence-corrected chi connectivity index (χ1v) is 10.9. The van der Waals surface area contributed by atoms with Gasteiger partial charge in [-0.25, -0.2) is 5.43 Å². The van der Waals surface area contributed by atoms with Gasteiger partial charge < -0.3 is 4.74 Å². The molecule has 0 aliphatic heterocycles. The number of rotatable bonds is 9. The summed E-state index contributed by atoms with van der Waals surface area (Å²) in [6.07, 6.45) is 2.03. The second-order valence-electron chi connectivity index (χ2n) is 6.69. The number of nitrogens with zero attached hydrogens (tertiary/aromatic N) is 1. The molecule has 6 heteroatoms. The van der Waals surface area contributed by atoms with Crippen molar-refractivity contribution in [2.45, 2.75) is 24.8 Å². The van der Waals surface area contributed by atoms with Gasteiger partial charge in [0.25, 0.3) is 0 Å². The number of benzene rings is 3. The van der Waals surface area contributed by atoms with Crippen molar-refractivity contribution in [3.63, 3.8) is 0 Å². The molecule has 1 amide bonds. The highest BCUT2D eigenvalue weighted by Crippen LogP contribution is 2.19. The molecule has 0 heterocycles. The van der Waals surface area contributed by atoms with Gasteiger partial charge in [0.05, 0.1) is 6.21 Å². The van der Waals surface area contributed by atoms with Crippen molar-refractivity contribution < 1.29 is 9.53 Å². The molecule has 154 valence electrons. The van der Waals surface area contributed by atoms with Crippen molar-refractivity contribution in [1.82, 2.24) is 5.43 Å². The minimum absolute atomic E-state index is 0.103. The summed E-state index contributed by atoms with van der Waals surface area (Å²) in [7, 11) is 0. The molecular formula is C24H23ClN2O2S. The molecule has 3 rings (SSSR count). The summed E-state index contributed by atoms with van der Waals surface area (Å²) in [5.74, 6) is 1.37. The van der Waals surface area contributed by atoms with Crippen LogP contribution in [-0.4, -0.2) is 17.9 Å². The molecule has 0 fully saturated rings. The SMILES string of the molecule is Cc1ccc(SCCC(=O)N/N=C\c2ccc(OCc3ccc(Cl)cc3)cc2)cc1. The van der Waals surface area contributed by atoms with Crippen LogP contribution in [0.15, 0.2) is 82.8 Å². The third-order valence-corrected chi connectivity index (χ3v) is 5.49. The maximum absolute atomic E-state index is 11.9. The van der Waals surface area contributed by atoms with E-state index in [1.807, 2.05) is 48.5 Å². The summed E-state index contributed by atoms with van der Waals surface area (Å²) in [5.41, 5.74) is 5.72.